The number of hydrogen-bond donors (Lipinski definition) is 2. The summed E-state index contributed by atoms with van der Waals surface area (Å²) in [6, 6.07) is 9.11. The molecule has 1 heterocycles. The lowest BCUT2D eigenvalue weighted by molar-refractivity contribution is 0.403. The second-order valence-corrected chi connectivity index (χ2v) is 3.45. The number of methoxy groups -OCH3 is 1. The van der Waals surface area contributed by atoms with Gasteiger partial charge in [0.25, 0.3) is 0 Å². The highest BCUT2D eigenvalue weighted by molar-refractivity contribution is 5.38. The summed E-state index contributed by atoms with van der Waals surface area (Å²) in [6.07, 6.45) is 3.37. The average Bonchev–Trinajstić information content (AvgIpc) is 2.41. The number of aromatic nitrogens is 2. The quantitative estimate of drug-likeness (QED) is 0.606. The zero-order chi connectivity index (χ0) is 12.1. The number of nitrogens with two attached hydrogens (primary N) is 1. The Morgan fingerprint density at radius 3 is 2.53 bits per heavy atom. The molecule has 0 saturated carbocycles. The Hall–Kier alpha value is -1.98. The monoisotopic (exact) mass is 230 g/mol. The zero-order valence-corrected chi connectivity index (χ0v) is 9.50. The van der Waals surface area contributed by atoms with Crippen molar-refractivity contribution in [3.63, 3.8) is 0 Å². The molecule has 0 bridgehead atoms. The van der Waals surface area contributed by atoms with Crippen LogP contribution in [0.5, 0.6) is 5.75 Å². The van der Waals surface area contributed by atoms with Gasteiger partial charge in [-0.3, -0.25) is 5.84 Å². The molecule has 0 spiro atoms. The lowest BCUT2D eigenvalue weighted by Gasteiger charge is -2.17. The van der Waals surface area contributed by atoms with Crippen LogP contribution in [0.3, 0.4) is 0 Å². The summed E-state index contributed by atoms with van der Waals surface area (Å²) in [4.78, 5) is 8.39. The zero-order valence-electron chi connectivity index (χ0n) is 9.50. The van der Waals surface area contributed by atoms with Gasteiger partial charge in [0.05, 0.1) is 7.11 Å². The molecule has 0 aliphatic carbocycles. The van der Waals surface area contributed by atoms with E-state index in [1.165, 1.54) is 0 Å². The number of benzene rings is 1. The molecule has 0 radical (unpaired) electrons. The molecular weight excluding hydrogens is 216 g/mol. The summed E-state index contributed by atoms with van der Waals surface area (Å²) in [7, 11) is 1.62. The molecular formula is C12H14N4O. The second kappa shape index (κ2) is 5.38. The predicted octanol–water partition coefficient (Wildman–Crippen LogP) is 1.04. The fourth-order valence-electron chi connectivity index (χ4n) is 1.67. The Labute approximate surface area is 99.6 Å². The molecule has 17 heavy (non-hydrogen) atoms. The van der Waals surface area contributed by atoms with Gasteiger partial charge in [-0.2, -0.15) is 0 Å². The van der Waals surface area contributed by atoms with E-state index in [1.807, 2.05) is 24.3 Å². The minimum atomic E-state index is -0.285. The normalized spacial score (nSPS) is 12.1. The van der Waals surface area contributed by atoms with E-state index in [0.29, 0.717) is 5.82 Å². The predicted molar refractivity (Wildman–Crippen MR) is 64.2 cm³/mol. The van der Waals surface area contributed by atoms with Crippen LogP contribution < -0.4 is 16.0 Å². The van der Waals surface area contributed by atoms with Crippen molar-refractivity contribution in [2.75, 3.05) is 7.11 Å². The van der Waals surface area contributed by atoms with Gasteiger partial charge in [0.1, 0.15) is 11.8 Å². The van der Waals surface area contributed by atoms with E-state index in [-0.39, 0.29) is 6.04 Å². The number of nitrogens with one attached hydrogen (secondary N) is 1. The molecule has 0 aliphatic heterocycles. The van der Waals surface area contributed by atoms with E-state index in [2.05, 4.69) is 15.4 Å². The summed E-state index contributed by atoms with van der Waals surface area (Å²) >= 11 is 0. The maximum absolute atomic E-state index is 5.57. The van der Waals surface area contributed by atoms with Crippen molar-refractivity contribution in [1.29, 1.82) is 0 Å². The third-order valence-corrected chi connectivity index (χ3v) is 2.46. The van der Waals surface area contributed by atoms with Crippen LogP contribution in [0.2, 0.25) is 0 Å². The number of hydrogen-bond acceptors (Lipinski definition) is 5. The van der Waals surface area contributed by atoms with E-state index in [9.17, 15) is 0 Å². The first-order valence-electron chi connectivity index (χ1n) is 5.22. The largest absolute Gasteiger partial charge is 0.496 e. The van der Waals surface area contributed by atoms with Crippen LogP contribution in [0.1, 0.15) is 17.4 Å². The number of para-hydroxylation sites is 1. The van der Waals surface area contributed by atoms with Crippen molar-refractivity contribution in [2.45, 2.75) is 6.04 Å². The van der Waals surface area contributed by atoms with Gasteiger partial charge in [-0.05, 0) is 12.1 Å². The fourth-order valence-corrected chi connectivity index (χ4v) is 1.67. The van der Waals surface area contributed by atoms with Crippen LogP contribution in [0, 0.1) is 0 Å². The first-order chi connectivity index (χ1) is 8.36. The third kappa shape index (κ3) is 2.41. The van der Waals surface area contributed by atoms with E-state index < -0.39 is 0 Å². The Balaban J connectivity index is 2.42. The van der Waals surface area contributed by atoms with Crippen molar-refractivity contribution in [1.82, 2.24) is 15.4 Å². The van der Waals surface area contributed by atoms with Gasteiger partial charge in [0.2, 0.25) is 0 Å². The minimum absolute atomic E-state index is 0.285. The first-order valence-corrected chi connectivity index (χ1v) is 5.22. The molecule has 0 aliphatic rings. The van der Waals surface area contributed by atoms with Gasteiger partial charge in [-0.15, -0.1) is 0 Å². The summed E-state index contributed by atoms with van der Waals surface area (Å²) in [5.41, 5.74) is 3.61. The van der Waals surface area contributed by atoms with Crippen LogP contribution in [-0.4, -0.2) is 17.1 Å². The average molecular weight is 230 g/mol. The molecule has 1 atom stereocenters. The van der Waals surface area contributed by atoms with Crippen molar-refractivity contribution >= 4 is 0 Å². The van der Waals surface area contributed by atoms with Gasteiger partial charge in [-0.25, -0.2) is 15.4 Å². The Morgan fingerprint density at radius 1 is 1.18 bits per heavy atom. The lowest BCUT2D eigenvalue weighted by Crippen LogP contribution is -2.30. The summed E-state index contributed by atoms with van der Waals surface area (Å²) in [5, 5.41) is 0. The van der Waals surface area contributed by atoms with Gasteiger partial charge in [-0.1, -0.05) is 18.2 Å². The van der Waals surface area contributed by atoms with E-state index in [0.717, 1.165) is 11.3 Å². The molecule has 1 aromatic heterocycles. The van der Waals surface area contributed by atoms with Crippen LogP contribution >= 0.6 is 0 Å². The van der Waals surface area contributed by atoms with Gasteiger partial charge in [0.15, 0.2) is 5.82 Å². The highest BCUT2D eigenvalue weighted by atomic mass is 16.5. The molecule has 0 saturated heterocycles. The number of nitrogens with zero attached hydrogens (tertiary/aromatic N) is 2. The molecule has 2 aromatic rings. The van der Waals surface area contributed by atoms with Crippen LogP contribution in [-0.2, 0) is 0 Å². The second-order valence-electron chi connectivity index (χ2n) is 3.45. The molecule has 5 heteroatoms. The summed E-state index contributed by atoms with van der Waals surface area (Å²) in [5.74, 6) is 6.94. The van der Waals surface area contributed by atoms with E-state index in [1.54, 1.807) is 25.6 Å². The van der Waals surface area contributed by atoms with Crippen LogP contribution in [0.4, 0.5) is 0 Å². The lowest BCUT2D eigenvalue weighted by atomic mass is 10.1. The van der Waals surface area contributed by atoms with Gasteiger partial charge >= 0.3 is 0 Å². The Bertz CT molecular complexity index is 475. The standard InChI is InChI=1S/C12H14N4O/c1-17-10-6-3-2-5-9(10)11(16-13)12-14-7-4-8-15-12/h2-8,11,16H,13H2,1H3. The van der Waals surface area contributed by atoms with E-state index >= 15 is 0 Å². The first kappa shape index (κ1) is 11.5. The Morgan fingerprint density at radius 2 is 1.88 bits per heavy atom. The molecule has 1 unspecified atom stereocenters. The van der Waals surface area contributed by atoms with Crippen LogP contribution in [0.25, 0.3) is 0 Å². The third-order valence-electron chi connectivity index (χ3n) is 2.46. The van der Waals surface area contributed by atoms with Crippen molar-refractivity contribution in [2.24, 2.45) is 5.84 Å². The molecule has 3 N–H and O–H groups in total. The number of rotatable bonds is 4. The molecule has 2 rings (SSSR count). The highest BCUT2D eigenvalue weighted by Gasteiger charge is 2.18. The molecule has 0 fully saturated rings. The summed E-state index contributed by atoms with van der Waals surface area (Å²) < 4.78 is 5.30. The van der Waals surface area contributed by atoms with Crippen molar-refractivity contribution in [3.8, 4) is 5.75 Å². The molecule has 88 valence electrons. The van der Waals surface area contributed by atoms with Gasteiger partial charge < -0.3 is 4.74 Å². The van der Waals surface area contributed by atoms with Crippen molar-refractivity contribution < 1.29 is 4.74 Å². The molecule has 1 aromatic carbocycles. The SMILES string of the molecule is COc1ccccc1C(NN)c1ncccn1. The smallest absolute Gasteiger partial charge is 0.151 e. The fraction of sp³-hybridized carbons (Fsp3) is 0.167. The number of ether oxygens (including phenoxy) is 1. The maximum atomic E-state index is 5.57. The molecule has 0 amide bonds. The maximum Gasteiger partial charge on any atom is 0.151 e. The van der Waals surface area contributed by atoms with E-state index in [4.69, 9.17) is 10.6 Å². The van der Waals surface area contributed by atoms with Gasteiger partial charge in [0, 0.05) is 18.0 Å². The Kier molecular flexibility index (Phi) is 3.64. The highest BCUT2D eigenvalue weighted by Crippen LogP contribution is 2.27. The minimum Gasteiger partial charge on any atom is -0.496 e. The topological polar surface area (TPSA) is 73.1 Å². The molecule has 5 nitrogen and oxygen atoms in total. The van der Waals surface area contributed by atoms with Crippen molar-refractivity contribution in [3.05, 3.63) is 54.1 Å². The number of hydrazine groups is 1. The summed E-state index contributed by atoms with van der Waals surface area (Å²) in [6.45, 7) is 0. The van der Waals surface area contributed by atoms with Crippen LogP contribution in [0.15, 0.2) is 42.7 Å².